The van der Waals surface area contributed by atoms with E-state index in [2.05, 4.69) is 150 Å². The molecule has 5 heteroatoms. The number of rotatable bonds is 3. The van der Waals surface area contributed by atoms with Crippen LogP contribution in [0, 0.1) is 0 Å². The molecule has 0 bridgehead atoms. The van der Waals surface area contributed by atoms with Gasteiger partial charge in [-0.25, -0.2) is 0 Å². The topological polar surface area (TPSA) is 43.0 Å². The normalized spacial score (nSPS) is 16.9. The number of fused-ring (bicyclic) bond motifs is 10. The van der Waals surface area contributed by atoms with Crippen LogP contribution in [0.2, 0.25) is 0 Å². The van der Waals surface area contributed by atoms with E-state index in [1.807, 2.05) is 36.4 Å². The van der Waals surface area contributed by atoms with Gasteiger partial charge in [0.1, 0.15) is 23.0 Å². The molecule has 1 unspecified atom stereocenters. The van der Waals surface area contributed by atoms with E-state index in [1.165, 1.54) is 0 Å². The van der Waals surface area contributed by atoms with Crippen molar-refractivity contribution in [3.8, 4) is 45.6 Å². The highest BCUT2D eigenvalue weighted by Gasteiger charge is 2.50. The molecular formula is C48H32N2O3. The molecule has 0 saturated carbocycles. The summed E-state index contributed by atoms with van der Waals surface area (Å²) in [5.41, 5.74) is 11.0. The number of dihydropyridines is 1. The lowest BCUT2D eigenvalue weighted by molar-refractivity contribution is 0.399. The Bertz CT molecular complexity index is 2670. The fraction of sp³-hybridized carbons (Fsp3) is 0.0417. The maximum absolute atomic E-state index is 6.84. The van der Waals surface area contributed by atoms with Gasteiger partial charge in [0.05, 0.1) is 16.8 Å². The third kappa shape index (κ3) is 4.44. The number of benzene rings is 7. The minimum absolute atomic E-state index is 0.668. The molecular weight excluding hydrogens is 653 g/mol. The molecule has 4 heterocycles. The van der Waals surface area contributed by atoms with Crippen LogP contribution in [0.1, 0.15) is 27.8 Å². The van der Waals surface area contributed by atoms with Gasteiger partial charge in [0.15, 0.2) is 11.5 Å². The van der Waals surface area contributed by atoms with Gasteiger partial charge in [-0.05, 0) is 77.9 Å². The number of nitrogens with one attached hydrogen (secondary N) is 1. The van der Waals surface area contributed by atoms with Gasteiger partial charge in [-0.3, -0.25) is 0 Å². The number of hydrogen-bond donors (Lipinski definition) is 1. The Morgan fingerprint density at radius 2 is 0.981 bits per heavy atom. The fourth-order valence-electron chi connectivity index (χ4n) is 8.47. The molecule has 0 aromatic heterocycles. The summed E-state index contributed by atoms with van der Waals surface area (Å²) in [6, 6.07) is 55.1. The van der Waals surface area contributed by atoms with Gasteiger partial charge >= 0.3 is 0 Å². The Labute approximate surface area is 307 Å². The molecule has 7 aromatic carbocycles. The monoisotopic (exact) mass is 684 g/mol. The summed E-state index contributed by atoms with van der Waals surface area (Å²) in [7, 11) is 0. The van der Waals surface area contributed by atoms with Gasteiger partial charge in [-0.1, -0.05) is 109 Å². The first-order chi connectivity index (χ1) is 26.3. The van der Waals surface area contributed by atoms with Gasteiger partial charge in [-0.15, -0.1) is 0 Å². The average molecular weight is 685 g/mol. The Morgan fingerprint density at radius 1 is 0.453 bits per heavy atom. The number of para-hydroxylation sites is 5. The van der Waals surface area contributed by atoms with Crippen molar-refractivity contribution in [1.29, 1.82) is 0 Å². The number of hydrogen-bond acceptors (Lipinski definition) is 5. The van der Waals surface area contributed by atoms with Crippen LogP contribution in [0.4, 0.5) is 17.1 Å². The Balaban J connectivity index is 1.08. The average Bonchev–Trinajstić information content (AvgIpc) is 3.22. The van der Waals surface area contributed by atoms with Crippen LogP contribution in [-0.4, -0.2) is 6.54 Å². The van der Waals surface area contributed by atoms with Gasteiger partial charge in [-0.2, -0.15) is 0 Å². The summed E-state index contributed by atoms with van der Waals surface area (Å²) in [6.07, 6.45) is 6.32. The Hall–Kier alpha value is -6.98. The zero-order valence-electron chi connectivity index (χ0n) is 28.6. The van der Waals surface area contributed by atoms with E-state index in [0.29, 0.717) is 0 Å². The first-order valence-electron chi connectivity index (χ1n) is 18.0. The molecule has 0 amide bonds. The molecule has 0 fully saturated rings. The molecule has 0 radical (unpaired) electrons. The van der Waals surface area contributed by atoms with Crippen LogP contribution in [-0.2, 0) is 5.41 Å². The number of anilines is 3. The second-order valence-electron chi connectivity index (χ2n) is 13.7. The van der Waals surface area contributed by atoms with Crippen LogP contribution in [0.15, 0.2) is 176 Å². The maximum Gasteiger partial charge on any atom is 0.152 e. The maximum atomic E-state index is 6.84. The molecule has 1 atom stereocenters. The van der Waals surface area contributed by atoms with Crippen LogP contribution >= 0.6 is 0 Å². The van der Waals surface area contributed by atoms with Crippen LogP contribution < -0.4 is 24.4 Å². The van der Waals surface area contributed by atoms with Crippen molar-refractivity contribution in [2.24, 2.45) is 0 Å². The molecule has 7 aromatic rings. The Kier molecular flexibility index (Phi) is 6.46. The first-order valence-corrected chi connectivity index (χ1v) is 18.0. The summed E-state index contributed by atoms with van der Waals surface area (Å²) in [5, 5.41) is 3.51. The van der Waals surface area contributed by atoms with E-state index in [4.69, 9.17) is 14.2 Å². The third-order valence-electron chi connectivity index (χ3n) is 10.8. The van der Waals surface area contributed by atoms with Crippen LogP contribution in [0.5, 0.6) is 34.5 Å². The van der Waals surface area contributed by atoms with Gasteiger partial charge in [0, 0.05) is 45.7 Å². The second kappa shape index (κ2) is 11.5. The molecule has 11 rings (SSSR count). The summed E-state index contributed by atoms with van der Waals surface area (Å²) in [5.74, 6) is 4.93. The third-order valence-corrected chi connectivity index (χ3v) is 10.8. The van der Waals surface area contributed by atoms with Crippen molar-refractivity contribution >= 4 is 22.8 Å². The smallest absolute Gasteiger partial charge is 0.152 e. The molecule has 0 saturated heterocycles. The molecule has 252 valence electrons. The van der Waals surface area contributed by atoms with Crippen LogP contribution in [0.3, 0.4) is 0 Å². The van der Waals surface area contributed by atoms with Crippen molar-refractivity contribution in [1.82, 2.24) is 5.32 Å². The standard InChI is InChI=1S/C48H32N2O3/c1-2-12-34(13-3-1)50-40-17-6-9-20-44(40)53-47-29-32(23-26-41(47)50)31-21-24-37-45(28-31)51-42-18-7-4-14-35(42)48(37)36-15-5-8-19-43(36)52-46-30-33(22-25-38(46)48)39-16-10-11-27-49-39/h1-26,28-30,49H,27H2. The summed E-state index contributed by atoms with van der Waals surface area (Å²) < 4.78 is 20.2. The number of nitrogens with zero attached hydrogens (tertiary/aromatic N) is 1. The van der Waals surface area contributed by atoms with Gasteiger partial charge in [0.25, 0.3) is 0 Å². The van der Waals surface area contributed by atoms with E-state index in [9.17, 15) is 0 Å². The predicted molar refractivity (Wildman–Crippen MR) is 210 cm³/mol. The van der Waals surface area contributed by atoms with Gasteiger partial charge in [0.2, 0.25) is 0 Å². The van der Waals surface area contributed by atoms with Crippen molar-refractivity contribution in [2.75, 3.05) is 11.4 Å². The second-order valence-corrected chi connectivity index (χ2v) is 13.7. The van der Waals surface area contributed by atoms with E-state index in [1.54, 1.807) is 0 Å². The number of allylic oxidation sites excluding steroid dienone is 2. The molecule has 1 spiro atoms. The summed E-state index contributed by atoms with van der Waals surface area (Å²) in [6.45, 7) is 0.798. The summed E-state index contributed by atoms with van der Waals surface area (Å²) in [4.78, 5) is 2.26. The molecule has 5 nitrogen and oxygen atoms in total. The van der Waals surface area contributed by atoms with Crippen molar-refractivity contribution in [2.45, 2.75) is 5.41 Å². The van der Waals surface area contributed by atoms with E-state index >= 15 is 0 Å². The summed E-state index contributed by atoms with van der Waals surface area (Å²) >= 11 is 0. The van der Waals surface area contributed by atoms with E-state index in [0.717, 1.165) is 103 Å². The minimum Gasteiger partial charge on any atom is -0.457 e. The SMILES string of the molecule is C1=CCNC(c2ccc3c(c2)Oc2ccccc2C32c3ccccc3Oc3cc(-c4ccc5c(c4)Oc4ccccc4N5c4ccccc4)ccc32)=C1. The predicted octanol–water partition coefficient (Wildman–Crippen LogP) is 12.0. The molecule has 53 heavy (non-hydrogen) atoms. The lowest BCUT2D eigenvalue weighted by Crippen LogP contribution is -2.36. The van der Waals surface area contributed by atoms with Crippen LogP contribution in [0.25, 0.3) is 16.8 Å². The van der Waals surface area contributed by atoms with E-state index < -0.39 is 5.41 Å². The zero-order valence-corrected chi connectivity index (χ0v) is 28.6. The van der Waals surface area contributed by atoms with E-state index in [-0.39, 0.29) is 0 Å². The quantitative estimate of drug-likeness (QED) is 0.201. The molecule has 1 N–H and O–H groups in total. The molecule has 0 aliphatic carbocycles. The molecule has 4 aliphatic heterocycles. The number of ether oxygens (including phenoxy) is 3. The lowest BCUT2D eigenvalue weighted by atomic mass is 9.62. The lowest BCUT2D eigenvalue weighted by Gasteiger charge is -2.45. The highest BCUT2D eigenvalue weighted by Crippen LogP contribution is 2.62. The highest BCUT2D eigenvalue weighted by atomic mass is 16.5. The van der Waals surface area contributed by atoms with Gasteiger partial charge < -0.3 is 24.4 Å². The zero-order chi connectivity index (χ0) is 34.9. The Morgan fingerprint density at radius 3 is 1.68 bits per heavy atom. The fourth-order valence-corrected chi connectivity index (χ4v) is 8.47. The largest absolute Gasteiger partial charge is 0.457 e. The highest BCUT2D eigenvalue weighted by molar-refractivity contribution is 5.88. The molecule has 4 aliphatic rings. The van der Waals surface area contributed by atoms with Crippen molar-refractivity contribution < 1.29 is 14.2 Å². The van der Waals surface area contributed by atoms with Crippen molar-refractivity contribution in [3.63, 3.8) is 0 Å². The van der Waals surface area contributed by atoms with Crippen molar-refractivity contribution in [3.05, 3.63) is 204 Å². The minimum atomic E-state index is -0.668. The first kappa shape index (κ1) is 29.7.